The topological polar surface area (TPSA) is 29.1 Å². The molecule has 136 valence electrons. The molecule has 2 nitrogen and oxygen atoms in total. The van der Waals surface area contributed by atoms with E-state index in [9.17, 15) is 4.79 Å². The number of Topliss-reactive ketones (excluding diaryl/α,β-unsaturated/α-hetero) is 1. The summed E-state index contributed by atoms with van der Waals surface area (Å²) in [5, 5.41) is 4.93. The molecular weight excluding hydrogens is 511 g/mol. The Morgan fingerprint density at radius 2 is 1.30 bits per heavy atom. The minimum atomic E-state index is -0.435. The zero-order valence-electron chi connectivity index (χ0n) is 14.1. The Kier molecular flexibility index (Phi) is 5.66. The van der Waals surface area contributed by atoms with Gasteiger partial charge < -0.3 is 0 Å². The van der Waals surface area contributed by atoms with Crippen molar-refractivity contribution in [3.63, 3.8) is 0 Å². The molecule has 1 N–H and O–H groups in total. The molecule has 0 aromatic heterocycles. The third-order valence-corrected chi connectivity index (χ3v) is 11.4. The molecule has 1 aliphatic rings. The van der Waals surface area contributed by atoms with Crippen molar-refractivity contribution in [1.82, 2.24) is 0 Å². The van der Waals surface area contributed by atoms with Crippen molar-refractivity contribution in [2.24, 2.45) is 0 Å². The number of hydrogen-bond acceptors (Lipinski definition) is 2. The van der Waals surface area contributed by atoms with Crippen LogP contribution in [0.3, 0.4) is 0 Å². The van der Waals surface area contributed by atoms with E-state index in [1.54, 1.807) is 0 Å². The van der Waals surface area contributed by atoms with Crippen molar-refractivity contribution in [2.75, 3.05) is 11.9 Å². The molecule has 0 radical (unpaired) electrons. The first-order chi connectivity index (χ1) is 13.1. The van der Waals surface area contributed by atoms with Crippen LogP contribution < -0.4 is 14.2 Å². The van der Waals surface area contributed by atoms with Crippen molar-refractivity contribution in [3.05, 3.63) is 88.4 Å². The Balaban J connectivity index is 1.74. The van der Waals surface area contributed by atoms with E-state index in [2.05, 4.69) is 5.32 Å². The average molecular weight is 526 g/mol. The van der Waals surface area contributed by atoms with Gasteiger partial charge in [-0.15, -0.1) is 0 Å². The van der Waals surface area contributed by atoms with Gasteiger partial charge in [0.25, 0.3) is 0 Å². The van der Waals surface area contributed by atoms with Gasteiger partial charge in [0, 0.05) is 0 Å². The molecule has 0 aliphatic carbocycles. The van der Waals surface area contributed by atoms with Crippen molar-refractivity contribution in [3.8, 4) is 0 Å². The molecule has 0 amide bonds. The summed E-state index contributed by atoms with van der Waals surface area (Å²) in [4.78, 5) is 13.6. The SMILES string of the molecule is O=C1c2ccccc2NCC1([Se]c1ccc(Cl)cc1)[Se]c1ccc(Cl)cc1. The Morgan fingerprint density at radius 1 is 0.778 bits per heavy atom. The van der Waals surface area contributed by atoms with Gasteiger partial charge in [0.15, 0.2) is 0 Å². The number of carbonyl (C=O) groups excluding carboxylic acids is 1. The Bertz CT molecular complexity index is 927. The first-order valence-electron chi connectivity index (χ1n) is 8.33. The fourth-order valence-electron chi connectivity index (χ4n) is 2.90. The van der Waals surface area contributed by atoms with E-state index in [1.807, 2.05) is 72.8 Å². The van der Waals surface area contributed by atoms with Crippen LogP contribution in [0.2, 0.25) is 13.3 Å². The summed E-state index contributed by atoms with van der Waals surface area (Å²) in [5.41, 5.74) is 1.72. The van der Waals surface area contributed by atoms with Crippen LogP contribution in [-0.4, -0.2) is 42.2 Å². The number of halogens is 2. The van der Waals surface area contributed by atoms with Gasteiger partial charge >= 0.3 is 182 Å². The van der Waals surface area contributed by atoms with Crippen LogP contribution >= 0.6 is 23.2 Å². The standard InChI is InChI=1S/C21H15Cl2NOSe2/c22-14-5-9-16(10-6-14)26-21(27-17-11-7-15(23)8-12-17)13-24-19-4-2-1-3-18(19)20(21)25/h1-12,24H,13H2. The summed E-state index contributed by atoms with van der Waals surface area (Å²) in [5.74, 6) is 0.238. The van der Waals surface area contributed by atoms with Gasteiger partial charge in [-0.2, -0.15) is 0 Å². The van der Waals surface area contributed by atoms with Crippen molar-refractivity contribution < 1.29 is 4.79 Å². The molecule has 3 aromatic carbocycles. The molecule has 0 bridgehead atoms. The Hall–Kier alpha value is -1.25. The second kappa shape index (κ2) is 8.01. The molecule has 27 heavy (non-hydrogen) atoms. The van der Waals surface area contributed by atoms with Crippen molar-refractivity contribution in [1.29, 1.82) is 0 Å². The zero-order valence-corrected chi connectivity index (χ0v) is 19.1. The van der Waals surface area contributed by atoms with Crippen LogP contribution in [-0.2, 0) is 0 Å². The van der Waals surface area contributed by atoms with E-state index in [-0.39, 0.29) is 35.7 Å². The summed E-state index contributed by atoms with van der Waals surface area (Å²) in [6, 6.07) is 23.5. The number of benzene rings is 3. The molecule has 0 unspecified atom stereocenters. The van der Waals surface area contributed by atoms with Crippen molar-refractivity contribution in [2.45, 2.75) is 3.21 Å². The van der Waals surface area contributed by atoms with Crippen LogP contribution in [0.4, 0.5) is 5.69 Å². The van der Waals surface area contributed by atoms with E-state index < -0.39 is 3.21 Å². The fraction of sp³-hybridized carbons (Fsp3) is 0.0952. The second-order valence-electron chi connectivity index (χ2n) is 6.09. The first kappa shape index (κ1) is 19.1. The molecule has 6 heteroatoms. The van der Waals surface area contributed by atoms with E-state index in [0.29, 0.717) is 16.6 Å². The number of ketones is 1. The Labute approximate surface area is 181 Å². The second-order valence-corrected chi connectivity index (χ2v) is 14.0. The third-order valence-electron chi connectivity index (χ3n) is 4.22. The van der Waals surface area contributed by atoms with E-state index in [0.717, 1.165) is 11.3 Å². The summed E-state index contributed by atoms with van der Waals surface area (Å²) in [6.07, 6.45) is 0. The molecule has 0 fully saturated rings. The summed E-state index contributed by atoms with van der Waals surface area (Å²) >= 11 is 12.0. The minimum absolute atomic E-state index is 0.0329. The van der Waals surface area contributed by atoms with Gasteiger partial charge in [-0.05, 0) is 0 Å². The van der Waals surface area contributed by atoms with Gasteiger partial charge in [-0.1, -0.05) is 0 Å². The molecule has 0 saturated carbocycles. The predicted molar refractivity (Wildman–Crippen MR) is 116 cm³/mol. The summed E-state index contributed by atoms with van der Waals surface area (Å²) in [6.45, 7) is 0.647. The van der Waals surface area contributed by atoms with Gasteiger partial charge in [0.05, 0.1) is 0 Å². The molecule has 0 atom stereocenters. The quantitative estimate of drug-likeness (QED) is 0.525. The van der Waals surface area contributed by atoms with Crippen LogP contribution in [0.15, 0.2) is 72.8 Å². The van der Waals surface area contributed by atoms with Crippen LogP contribution in [0.1, 0.15) is 10.4 Å². The summed E-state index contributed by atoms with van der Waals surface area (Å²) < 4.78 is 1.92. The number of hydrogen-bond donors (Lipinski definition) is 1. The number of rotatable bonds is 4. The number of carbonyl (C=O) groups is 1. The van der Waals surface area contributed by atoms with Crippen LogP contribution in [0.5, 0.6) is 0 Å². The molecule has 4 rings (SSSR count). The van der Waals surface area contributed by atoms with Gasteiger partial charge in [-0.25, -0.2) is 0 Å². The van der Waals surface area contributed by atoms with Gasteiger partial charge in [-0.3, -0.25) is 0 Å². The van der Waals surface area contributed by atoms with E-state index in [4.69, 9.17) is 23.2 Å². The fourth-order valence-corrected chi connectivity index (χ4v) is 9.99. The summed E-state index contributed by atoms with van der Waals surface area (Å²) in [7, 11) is 0. The van der Waals surface area contributed by atoms with Crippen LogP contribution in [0, 0.1) is 0 Å². The molecule has 1 heterocycles. The monoisotopic (exact) mass is 527 g/mol. The number of nitrogens with one attached hydrogen (secondary N) is 1. The molecule has 0 saturated heterocycles. The molecule has 3 aromatic rings. The van der Waals surface area contributed by atoms with Gasteiger partial charge in [0.1, 0.15) is 0 Å². The normalized spacial score (nSPS) is 15.1. The molecule has 1 aliphatic heterocycles. The van der Waals surface area contributed by atoms with E-state index >= 15 is 0 Å². The predicted octanol–water partition coefficient (Wildman–Crippen LogP) is 3.78. The van der Waals surface area contributed by atoms with Crippen LogP contribution in [0.25, 0.3) is 0 Å². The van der Waals surface area contributed by atoms with Gasteiger partial charge in [0.2, 0.25) is 0 Å². The van der Waals surface area contributed by atoms with E-state index in [1.165, 1.54) is 8.92 Å². The Morgan fingerprint density at radius 3 is 1.85 bits per heavy atom. The number of anilines is 1. The zero-order chi connectivity index (χ0) is 18.9. The first-order valence-corrected chi connectivity index (χ1v) is 12.5. The number of fused-ring (bicyclic) bond motifs is 1. The number of para-hydroxylation sites is 1. The average Bonchev–Trinajstić information content (AvgIpc) is 2.69. The maximum atomic E-state index is 13.6. The molecular formula is C21H15Cl2NOSe2. The molecule has 0 spiro atoms. The third kappa shape index (κ3) is 4.12. The maximum absolute atomic E-state index is 13.6. The van der Waals surface area contributed by atoms with Crippen molar-refractivity contribution >= 4 is 73.5 Å².